The quantitative estimate of drug-likeness (QED) is 0.904. The van der Waals surface area contributed by atoms with Gasteiger partial charge in [-0.15, -0.1) is 0 Å². The van der Waals surface area contributed by atoms with Gasteiger partial charge in [0.05, 0.1) is 13.1 Å². The number of para-hydroxylation sites is 1. The topological polar surface area (TPSA) is 28.4 Å². The summed E-state index contributed by atoms with van der Waals surface area (Å²) < 4.78 is 5.99. The highest BCUT2D eigenvalue weighted by Crippen LogP contribution is 2.29. The fraction of sp³-hybridized carbons (Fsp3) is 0.412. The maximum absolute atomic E-state index is 5.99. The molecule has 2 heterocycles. The highest BCUT2D eigenvalue weighted by atomic mass is 16.3. The van der Waals surface area contributed by atoms with Crippen LogP contribution in [0.15, 0.2) is 34.7 Å². The van der Waals surface area contributed by atoms with Crippen molar-refractivity contribution in [2.45, 2.75) is 33.4 Å². The first-order valence-corrected chi connectivity index (χ1v) is 7.39. The molecule has 2 aromatic rings. The van der Waals surface area contributed by atoms with E-state index >= 15 is 0 Å². The number of hydrogen-bond acceptors (Lipinski definition) is 3. The molecule has 106 valence electrons. The number of nitrogens with one attached hydrogen (secondary N) is 1. The molecule has 0 unspecified atom stereocenters. The minimum atomic E-state index is 0.818. The maximum atomic E-state index is 5.99. The molecule has 0 amide bonds. The molecule has 0 bridgehead atoms. The summed E-state index contributed by atoms with van der Waals surface area (Å²) in [5, 5.41) is 3.32. The number of aryl methyl sites for hydroxylation is 1. The predicted molar refractivity (Wildman–Crippen MR) is 82.0 cm³/mol. The van der Waals surface area contributed by atoms with E-state index in [1.165, 1.54) is 16.8 Å². The molecule has 1 aliphatic heterocycles. The first kappa shape index (κ1) is 13.3. The van der Waals surface area contributed by atoms with Crippen molar-refractivity contribution in [2.24, 2.45) is 0 Å². The van der Waals surface area contributed by atoms with Crippen LogP contribution in [0.1, 0.15) is 29.6 Å². The number of furan rings is 1. The van der Waals surface area contributed by atoms with Gasteiger partial charge in [0, 0.05) is 12.2 Å². The zero-order valence-electron chi connectivity index (χ0n) is 12.3. The number of benzene rings is 1. The van der Waals surface area contributed by atoms with Crippen LogP contribution in [0.4, 0.5) is 5.69 Å². The van der Waals surface area contributed by atoms with Crippen LogP contribution in [-0.4, -0.2) is 13.1 Å². The standard InChI is InChI=1S/C17H22N2O/c1-3-18-11-17-13(2)10-15(20-17)12-19-9-8-14-6-4-5-7-16(14)19/h4-7,10,18H,3,8-9,11-12H2,1-2H3. The summed E-state index contributed by atoms with van der Waals surface area (Å²) in [7, 11) is 0. The third-order valence-electron chi connectivity index (χ3n) is 3.94. The molecule has 3 heteroatoms. The van der Waals surface area contributed by atoms with Gasteiger partial charge in [0.25, 0.3) is 0 Å². The zero-order valence-corrected chi connectivity index (χ0v) is 12.3. The minimum absolute atomic E-state index is 0.818. The Hall–Kier alpha value is -1.74. The molecule has 0 spiro atoms. The Kier molecular flexibility index (Phi) is 3.79. The second-order valence-corrected chi connectivity index (χ2v) is 5.40. The van der Waals surface area contributed by atoms with E-state index in [1.807, 2.05) is 0 Å². The Labute approximate surface area is 120 Å². The van der Waals surface area contributed by atoms with Gasteiger partial charge in [-0.3, -0.25) is 0 Å². The number of nitrogens with zero attached hydrogens (tertiary/aromatic N) is 1. The van der Waals surface area contributed by atoms with Gasteiger partial charge in [-0.1, -0.05) is 25.1 Å². The van der Waals surface area contributed by atoms with Gasteiger partial charge in [-0.25, -0.2) is 0 Å². The SMILES string of the molecule is CCNCc1oc(CN2CCc3ccccc32)cc1C. The van der Waals surface area contributed by atoms with Gasteiger partial charge in [-0.05, 0) is 43.1 Å². The molecule has 1 aromatic heterocycles. The molecule has 0 saturated heterocycles. The van der Waals surface area contributed by atoms with Crippen LogP contribution in [0, 0.1) is 6.92 Å². The van der Waals surface area contributed by atoms with Gasteiger partial charge in [0.1, 0.15) is 11.5 Å². The molecule has 0 atom stereocenters. The fourth-order valence-electron chi connectivity index (χ4n) is 2.84. The van der Waals surface area contributed by atoms with Crippen molar-refractivity contribution in [1.29, 1.82) is 0 Å². The maximum Gasteiger partial charge on any atom is 0.123 e. The Morgan fingerprint density at radius 3 is 3.00 bits per heavy atom. The van der Waals surface area contributed by atoms with Crippen molar-refractivity contribution in [3.05, 3.63) is 53.0 Å². The van der Waals surface area contributed by atoms with E-state index in [1.54, 1.807) is 0 Å². The third-order valence-corrected chi connectivity index (χ3v) is 3.94. The predicted octanol–water partition coefficient (Wildman–Crippen LogP) is 3.26. The highest BCUT2D eigenvalue weighted by molar-refractivity contribution is 5.57. The van der Waals surface area contributed by atoms with E-state index in [0.29, 0.717) is 0 Å². The average molecular weight is 270 g/mol. The van der Waals surface area contributed by atoms with Gasteiger partial charge in [0.2, 0.25) is 0 Å². The highest BCUT2D eigenvalue weighted by Gasteiger charge is 2.20. The van der Waals surface area contributed by atoms with Crippen molar-refractivity contribution in [2.75, 3.05) is 18.0 Å². The smallest absolute Gasteiger partial charge is 0.123 e. The molecule has 0 radical (unpaired) electrons. The second kappa shape index (κ2) is 5.71. The monoisotopic (exact) mass is 270 g/mol. The van der Waals surface area contributed by atoms with Gasteiger partial charge in [0.15, 0.2) is 0 Å². The van der Waals surface area contributed by atoms with Gasteiger partial charge >= 0.3 is 0 Å². The molecule has 3 nitrogen and oxygen atoms in total. The molecule has 3 rings (SSSR count). The number of fused-ring (bicyclic) bond motifs is 1. The summed E-state index contributed by atoms with van der Waals surface area (Å²) in [6, 6.07) is 10.8. The number of rotatable bonds is 5. The van der Waals surface area contributed by atoms with E-state index in [4.69, 9.17) is 4.42 Å². The average Bonchev–Trinajstić information content (AvgIpc) is 3.01. The van der Waals surface area contributed by atoms with Gasteiger partial charge in [-0.2, -0.15) is 0 Å². The first-order chi connectivity index (χ1) is 9.78. The minimum Gasteiger partial charge on any atom is -0.463 e. The van der Waals surface area contributed by atoms with Crippen molar-refractivity contribution >= 4 is 5.69 Å². The van der Waals surface area contributed by atoms with Crippen LogP contribution < -0.4 is 10.2 Å². The summed E-state index contributed by atoms with van der Waals surface area (Å²) >= 11 is 0. The molecule has 1 aliphatic rings. The van der Waals surface area contributed by atoms with Crippen LogP contribution in [-0.2, 0) is 19.5 Å². The van der Waals surface area contributed by atoms with E-state index in [-0.39, 0.29) is 0 Å². The molecular formula is C17H22N2O. The molecule has 0 saturated carbocycles. The van der Waals surface area contributed by atoms with Crippen LogP contribution in [0.2, 0.25) is 0 Å². The van der Waals surface area contributed by atoms with Crippen molar-refractivity contribution in [3.8, 4) is 0 Å². The lowest BCUT2D eigenvalue weighted by molar-refractivity contribution is 0.445. The largest absolute Gasteiger partial charge is 0.463 e. The lowest BCUT2D eigenvalue weighted by Gasteiger charge is -2.17. The molecular weight excluding hydrogens is 248 g/mol. The number of hydrogen-bond donors (Lipinski definition) is 1. The fourth-order valence-corrected chi connectivity index (χ4v) is 2.84. The Morgan fingerprint density at radius 1 is 1.30 bits per heavy atom. The van der Waals surface area contributed by atoms with Crippen molar-refractivity contribution in [1.82, 2.24) is 5.32 Å². The zero-order chi connectivity index (χ0) is 13.9. The third kappa shape index (κ3) is 2.59. The molecule has 1 N–H and O–H groups in total. The molecule has 0 aliphatic carbocycles. The number of anilines is 1. The van der Waals surface area contributed by atoms with E-state index in [2.05, 4.69) is 54.4 Å². The van der Waals surface area contributed by atoms with E-state index in [0.717, 1.165) is 44.1 Å². The van der Waals surface area contributed by atoms with E-state index < -0.39 is 0 Å². The van der Waals surface area contributed by atoms with Crippen molar-refractivity contribution < 1.29 is 4.42 Å². The molecule has 20 heavy (non-hydrogen) atoms. The summed E-state index contributed by atoms with van der Waals surface area (Å²) in [4.78, 5) is 2.41. The van der Waals surface area contributed by atoms with E-state index in [9.17, 15) is 0 Å². The summed E-state index contributed by atoms with van der Waals surface area (Å²) in [5.74, 6) is 2.13. The van der Waals surface area contributed by atoms with Crippen molar-refractivity contribution in [3.63, 3.8) is 0 Å². The normalized spacial score (nSPS) is 13.8. The Bertz CT molecular complexity index is 588. The van der Waals surface area contributed by atoms with Crippen LogP contribution >= 0.6 is 0 Å². The Balaban J connectivity index is 1.73. The molecule has 1 aromatic carbocycles. The molecule has 0 fully saturated rings. The summed E-state index contributed by atoms with van der Waals surface area (Å²) in [6.07, 6.45) is 1.14. The Morgan fingerprint density at radius 2 is 2.15 bits per heavy atom. The summed E-state index contributed by atoms with van der Waals surface area (Å²) in [5.41, 5.74) is 4.05. The van der Waals surface area contributed by atoms with Crippen LogP contribution in [0.5, 0.6) is 0 Å². The lowest BCUT2D eigenvalue weighted by atomic mass is 10.2. The summed E-state index contributed by atoms with van der Waals surface area (Å²) in [6.45, 7) is 7.97. The van der Waals surface area contributed by atoms with Crippen LogP contribution in [0.3, 0.4) is 0 Å². The first-order valence-electron chi connectivity index (χ1n) is 7.39. The van der Waals surface area contributed by atoms with Gasteiger partial charge < -0.3 is 14.6 Å². The van der Waals surface area contributed by atoms with Crippen LogP contribution in [0.25, 0.3) is 0 Å². The lowest BCUT2D eigenvalue weighted by Crippen LogP contribution is -2.19. The second-order valence-electron chi connectivity index (χ2n) is 5.40.